The van der Waals surface area contributed by atoms with Gasteiger partial charge in [0.05, 0.1) is 0 Å². The van der Waals surface area contributed by atoms with Gasteiger partial charge in [0.25, 0.3) is 0 Å². The highest BCUT2D eigenvalue weighted by atomic mass is 35.5. The summed E-state index contributed by atoms with van der Waals surface area (Å²) in [7, 11) is 2.00. The number of benzene rings is 1. The van der Waals surface area contributed by atoms with Crippen LogP contribution in [0.4, 0.5) is 0 Å². The molecular weight excluding hydrogens is 224 g/mol. The highest BCUT2D eigenvalue weighted by molar-refractivity contribution is 5.98. The van der Waals surface area contributed by atoms with Crippen LogP contribution >= 0.6 is 12.4 Å². The molecule has 0 bridgehead atoms. The molecule has 0 unspecified atom stereocenters. The number of hydrogen-bond donors (Lipinski definition) is 1. The summed E-state index contributed by atoms with van der Waals surface area (Å²) in [6, 6.07) is 5.58. The van der Waals surface area contributed by atoms with Gasteiger partial charge in [-0.05, 0) is 31.5 Å². The molecule has 0 saturated heterocycles. The number of aryl methyl sites for hydroxylation is 2. The van der Waals surface area contributed by atoms with Gasteiger partial charge in [0.1, 0.15) is 0 Å². The van der Waals surface area contributed by atoms with Crippen LogP contribution < -0.4 is 5.73 Å². The van der Waals surface area contributed by atoms with Crippen LogP contribution in [-0.4, -0.2) is 10.5 Å². The standard InChI is InChI=1S/C12H14N2O.ClH/c1-7-8(2)14(3)11-6-9(12(13)15)4-5-10(7)11;/h4-6H,1-3H3,(H2,13,15);1H. The maximum absolute atomic E-state index is 11.1. The fraction of sp³-hybridized carbons (Fsp3) is 0.250. The topological polar surface area (TPSA) is 48.0 Å². The Kier molecular flexibility index (Phi) is 3.29. The molecular formula is C12H15ClN2O. The molecule has 0 spiro atoms. The number of nitrogens with zero attached hydrogens (tertiary/aromatic N) is 1. The second-order valence-corrected chi connectivity index (χ2v) is 3.87. The molecule has 2 rings (SSSR count). The molecule has 1 aromatic heterocycles. The van der Waals surface area contributed by atoms with Crippen LogP contribution in [0.25, 0.3) is 10.9 Å². The molecule has 0 radical (unpaired) electrons. The van der Waals surface area contributed by atoms with Crippen molar-refractivity contribution in [3.63, 3.8) is 0 Å². The zero-order chi connectivity index (χ0) is 11.2. The molecule has 0 aliphatic carbocycles. The number of hydrogen-bond acceptors (Lipinski definition) is 1. The Morgan fingerprint density at radius 1 is 1.31 bits per heavy atom. The monoisotopic (exact) mass is 238 g/mol. The third-order valence-corrected chi connectivity index (χ3v) is 3.09. The maximum atomic E-state index is 11.1. The number of aromatic nitrogens is 1. The highest BCUT2D eigenvalue weighted by Crippen LogP contribution is 2.24. The average Bonchev–Trinajstić information content (AvgIpc) is 2.44. The Labute approximate surface area is 101 Å². The summed E-state index contributed by atoms with van der Waals surface area (Å²) in [5.41, 5.74) is 9.33. The van der Waals surface area contributed by atoms with Crippen LogP contribution in [0.5, 0.6) is 0 Å². The van der Waals surface area contributed by atoms with Crippen molar-refractivity contribution in [2.24, 2.45) is 12.8 Å². The van der Waals surface area contributed by atoms with Crippen molar-refractivity contribution in [2.75, 3.05) is 0 Å². The summed E-state index contributed by atoms with van der Waals surface area (Å²) in [6.07, 6.45) is 0. The van der Waals surface area contributed by atoms with Gasteiger partial charge in [0.15, 0.2) is 0 Å². The van der Waals surface area contributed by atoms with Crippen molar-refractivity contribution in [1.82, 2.24) is 4.57 Å². The summed E-state index contributed by atoms with van der Waals surface area (Å²) in [5.74, 6) is -0.381. The van der Waals surface area contributed by atoms with E-state index in [-0.39, 0.29) is 18.3 Å². The minimum atomic E-state index is -0.381. The van der Waals surface area contributed by atoms with E-state index in [0.717, 1.165) is 5.52 Å². The van der Waals surface area contributed by atoms with E-state index in [9.17, 15) is 4.79 Å². The molecule has 0 aliphatic heterocycles. The molecule has 0 fully saturated rings. The number of primary amides is 1. The fourth-order valence-corrected chi connectivity index (χ4v) is 1.91. The van der Waals surface area contributed by atoms with Crippen LogP contribution in [0.15, 0.2) is 18.2 Å². The van der Waals surface area contributed by atoms with Gasteiger partial charge in [-0.2, -0.15) is 0 Å². The first-order valence-corrected chi connectivity index (χ1v) is 4.88. The molecule has 1 amide bonds. The fourth-order valence-electron chi connectivity index (χ4n) is 1.91. The van der Waals surface area contributed by atoms with Crippen molar-refractivity contribution in [3.8, 4) is 0 Å². The number of halogens is 1. The number of nitrogens with two attached hydrogens (primary N) is 1. The Morgan fingerprint density at radius 3 is 2.50 bits per heavy atom. The summed E-state index contributed by atoms with van der Waals surface area (Å²) in [5, 5.41) is 1.18. The quantitative estimate of drug-likeness (QED) is 0.814. The van der Waals surface area contributed by atoms with E-state index in [1.54, 1.807) is 6.07 Å². The summed E-state index contributed by atoms with van der Waals surface area (Å²) in [6.45, 7) is 4.15. The molecule has 1 heterocycles. The van der Waals surface area contributed by atoms with Crippen LogP contribution in [0.2, 0.25) is 0 Å². The Bertz CT molecular complexity index is 558. The van der Waals surface area contributed by atoms with Gasteiger partial charge in [-0.1, -0.05) is 6.07 Å². The smallest absolute Gasteiger partial charge is 0.248 e. The van der Waals surface area contributed by atoms with Crippen LogP contribution in [0, 0.1) is 13.8 Å². The largest absolute Gasteiger partial charge is 0.366 e. The molecule has 1 aromatic carbocycles. The number of rotatable bonds is 1. The lowest BCUT2D eigenvalue weighted by Crippen LogP contribution is -2.10. The van der Waals surface area contributed by atoms with E-state index in [2.05, 4.69) is 18.4 Å². The summed E-state index contributed by atoms with van der Waals surface area (Å²) < 4.78 is 2.08. The maximum Gasteiger partial charge on any atom is 0.248 e. The predicted octanol–water partition coefficient (Wildman–Crippen LogP) is 2.32. The number of fused-ring (bicyclic) bond motifs is 1. The lowest BCUT2D eigenvalue weighted by molar-refractivity contribution is 0.100. The predicted molar refractivity (Wildman–Crippen MR) is 68.2 cm³/mol. The molecule has 2 aromatic rings. The van der Waals surface area contributed by atoms with Crippen LogP contribution in [0.1, 0.15) is 21.6 Å². The lowest BCUT2D eigenvalue weighted by atomic mass is 10.1. The Hall–Kier alpha value is -1.48. The molecule has 0 aliphatic rings. The first kappa shape index (κ1) is 12.6. The van der Waals surface area contributed by atoms with E-state index in [0.29, 0.717) is 5.56 Å². The summed E-state index contributed by atoms with van der Waals surface area (Å²) in [4.78, 5) is 11.1. The first-order chi connectivity index (χ1) is 7.02. The number of amides is 1. The van der Waals surface area contributed by atoms with Crippen molar-refractivity contribution >= 4 is 29.2 Å². The zero-order valence-corrected chi connectivity index (χ0v) is 10.4. The van der Waals surface area contributed by atoms with E-state index < -0.39 is 0 Å². The molecule has 2 N–H and O–H groups in total. The molecule has 16 heavy (non-hydrogen) atoms. The van der Waals surface area contributed by atoms with E-state index >= 15 is 0 Å². The van der Waals surface area contributed by atoms with Crippen LogP contribution in [0.3, 0.4) is 0 Å². The summed E-state index contributed by atoms with van der Waals surface area (Å²) >= 11 is 0. The van der Waals surface area contributed by atoms with E-state index in [1.165, 1.54) is 16.6 Å². The molecule has 4 heteroatoms. The van der Waals surface area contributed by atoms with Gasteiger partial charge in [0.2, 0.25) is 5.91 Å². The third-order valence-electron chi connectivity index (χ3n) is 3.09. The normalized spacial score (nSPS) is 10.2. The van der Waals surface area contributed by atoms with E-state index in [1.807, 2.05) is 19.2 Å². The van der Waals surface area contributed by atoms with Gasteiger partial charge in [-0.3, -0.25) is 4.79 Å². The van der Waals surface area contributed by atoms with Gasteiger partial charge in [-0.15, -0.1) is 12.4 Å². The van der Waals surface area contributed by atoms with E-state index in [4.69, 9.17) is 5.73 Å². The second-order valence-electron chi connectivity index (χ2n) is 3.87. The van der Waals surface area contributed by atoms with Crippen molar-refractivity contribution in [1.29, 1.82) is 0 Å². The van der Waals surface area contributed by atoms with Gasteiger partial charge in [0, 0.05) is 29.2 Å². The van der Waals surface area contributed by atoms with Crippen LogP contribution in [-0.2, 0) is 7.05 Å². The molecule has 0 atom stereocenters. The van der Waals surface area contributed by atoms with Crippen molar-refractivity contribution < 1.29 is 4.79 Å². The van der Waals surface area contributed by atoms with Crippen molar-refractivity contribution in [2.45, 2.75) is 13.8 Å². The second kappa shape index (κ2) is 4.18. The van der Waals surface area contributed by atoms with Crippen molar-refractivity contribution in [3.05, 3.63) is 35.0 Å². The number of carbonyl (C=O) groups is 1. The molecule has 0 saturated carbocycles. The minimum Gasteiger partial charge on any atom is -0.366 e. The third kappa shape index (κ3) is 1.67. The Morgan fingerprint density at radius 2 is 1.94 bits per heavy atom. The minimum absolute atomic E-state index is 0. The van der Waals surface area contributed by atoms with Gasteiger partial charge in [-0.25, -0.2) is 0 Å². The number of carbonyl (C=O) groups excluding carboxylic acids is 1. The Balaban J connectivity index is 0.00000128. The first-order valence-electron chi connectivity index (χ1n) is 4.88. The average molecular weight is 239 g/mol. The van der Waals surface area contributed by atoms with Gasteiger partial charge < -0.3 is 10.3 Å². The SMILES string of the molecule is Cc1c(C)n(C)c2cc(C(N)=O)ccc12.Cl. The highest BCUT2D eigenvalue weighted by Gasteiger charge is 2.09. The van der Waals surface area contributed by atoms with Gasteiger partial charge >= 0.3 is 0 Å². The lowest BCUT2D eigenvalue weighted by Gasteiger charge is -2.00. The molecule has 86 valence electrons. The zero-order valence-electron chi connectivity index (χ0n) is 9.57. The molecule has 3 nitrogen and oxygen atoms in total.